The van der Waals surface area contributed by atoms with Crippen LogP contribution in [0.15, 0.2) is 30.6 Å². The molecule has 1 aromatic heterocycles. The van der Waals surface area contributed by atoms with Crippen molar-refractivity contribution in [2.75, 3.05) is 19.6 Å². The molecule has 2 fully saturated rings. The maximum Gasteiger partial charge on any atom is 0.253 e. The SMILES string of the molecule is CCc1ccc(C(=O)N2CCC3(CC2)c2nc[nH]c2CCN3C(=O)C2CC2)cc1. The van der Waals surface area contributed by atoms with Gasteiger partial charge in [0.05, 0.1) is 17.6 Å². The molecule has 1 aliphatic carbocycles. The van der Waals surface area contributed by atoms with Crippen molar-refractivity contribution in [1.82, 2.24) is 19.8 Å². The minimum absolute atomic E-state index is 0.0839. The summed E-state index contributed by atoms with van der Waals surface area (Å²) in [6.07, 6.45) is 7.09. The molecular weight excluding hydrogens is 364 g/mol. The molecule has 3 aliphatic rings. The van der Waals surface area contributed by atoms with Gasteiger partial charge in [0.2, 0.25) is 5.91 Å². The van der Waals surface area contributed by atoms with Crippen molar-refractivity contribution in [3.8, 4) is 0 Å². The molecule has 6 heteroatoms. The van der Waals surface area contributed by atoms with Crippen molar-refractivity contribution in [3.63, 3.8) is 0 Å². The summed E-state index contributed by atoms with van der Waals surface area (Å²) in [6, 6.07) is 7.93. The Balaban J connectivity index is 1.38. The van der Waals surface area contributed by atoms with Crippen LogP contribution in [0.4, 0.5) is 0 Å². The van der Waals surface area contributed by atoms with Crippen LogP contribution in [0.3, 0.4) is 0 Å². The Labute approximate surface area is 171 Å². The van der Waals surface area contributed by atoms with E-state index >= 15 is 0 Å². The fourth-order valence-corrected chi connectivity index (χ4v) is 5.00. The topological polar surface area (TPSA) is 69.3 Å². The van der Waals surface area contributed by atoms with Crippen molar-refractivity contribution in [2.45, 2.75) is 51.0 Å². The zero-order valence-corrected chi connectivity index (χ0v) is 17.0. The lowest BCUT2D eigenvalue weighted by Crippen LogP contribution is -2.59. The molecule has 3 heterocycles. The van der Waals surface area contributed by atoms with Gasteiger partial charge in [-0.2, -0.15) is 0 Å². The van der Waals surface area contributed by atoms with Crippen molar-refractivity contribution in [2.24, 2.45) is 5.92 Å². The number of nitrogens with zero attached hydrogens (tertiary/aromatic N) is 3. The zero-order valence-electron chi connectivity index (χ0n) is 17.0. The highest BCUT2D eigenvalue weighted by molar-refractivity contribution is 5.94. The van der Waals surface area contributed by atoms with Crippen LogP contribution in [-0.4, -0.2) is 51.2 Å². The van der Waals surface area contributed by atoms with Gasteiger partial charge >= 0.3 is 0 Å². The van der Waals surface area contributed by atoms with E-state index in [-0.39, 0.29) is 23.3 Å². The van der Waals surface area contributed by atoms with Gasteiger partial charge in [-0.25, -0.2) is 4.98 Å². The van der Waals surface area contributed by atoms with E-state index in [1.54, 1.807) is 6.33 Å². The van der Waals surface area contributed by atoms with E-state index in [1.807, 2.05) is 29.2 Å². The van der Waals surface area contributed by atoms with Crippen LogP contribution in [0.5, 0.6) is 0 Å². The Hall–Kier alpha value is -2.63. The molecule has 29 heavy (non-hydrogen) atoms. The number of aromatic amines is 1. The molecule has 1 saturated carbocycles. The summed E-state index contributed by atoms with van der Waals surface area (Å²) >= 11 is 0. The fraction of sp³-hybridized carbons (Fsp3) is 0.522. The smallest absolute Gasteiger partial charge is 0.253 e. The maximum absolute atomic E-state index is 13.1. The second kappa shape index (κ2) is 7.01. The van der Waals surface area contributed by atoms with Gasteiger partial charge in [-0.1, -0.05) is 19.1 Å². The number of likely N-dealkylation sites (tertiary alicyclic amines) is 1. The second-order valence-corrected chi connectivity index (χ2v) is 8.62. The molecule has 152 valence electrons. The highest BCUT2D eigenvalue weighted by atomic mass is 16.2. The highest BCUT2D eigenvalue weighted by Gasteiger charge is 2.51. The molecule has 1 N–H and O–H groups in total. The van der Waals surface area contributed by atoms with Gasteiger partial charge in [0.15, 0.2) is 0 Å². The monoisotopic (exact) mass is 392 g/mol. The van der Waals surface area contributed by atoms with Crippen LogP contribution in [-0.2, 0) is 23.2 Å². The third kappa shape index (κ3) is 3.05. The summed E-state index contributed by atoms with van der Waals surface area (Å²) in [7, 11) is 0. The Morgan fingerprint density at radius 1 is 1.14 bits per heavy atom. The maximum atomic E-state index is 13.1. The van der Waals surface area contributed by atoms with Crippen molar-refractivity contribution in [1.29, 1.82) is 0 Å². The number of carbonyl (C=O) groups excluding carboxylic acids is 2. The van der Waals surface area contributed by atoms with Crippen LogP contribution >= 0.6 is 0 Å². The highest BCUT2D eigenvalue weighted by Crippen LogP contribution is 2.45. The quantitative estimate of drug-likeness (QED) is 0.873. The number of rotatable bonds is 3. The number of H-pyrrole nitrogens is 1. The summed E-state index contributed by atoms with van der Waals surface area (Å²) < 4.78 is 0. The average Bonchev–Trinajstić information content (AvgIpc) is 3.50. The number of benzene rings is 1. The summed E-state index contributed by atoms with van der Waals surface area (Å²) in [5.41, 5.74) is 3.79. The molecule has 5 rings (SSSR count). The van der Waals surface area contributed by atoms with Crippen molar-refractivity contribution < 1.29 is 9.59 Å². The Morgan fingerprint density at radius 3 is 2.52 bits per heavy atom. The molecule has 1 saturated heterocycles. The Morgan fingerprint density at radius 2 is 1.86 bits per heavy atom. The summed E-state index contributed by atoms with van der Waals surface area (Å²) in [6.45, 7) is 4.16. The number of nitrogens with one attached hydrogen (secondary N) is 1. The van der Waals surface area contributed by atoms with Gasteiger partial charge in [-0.15, -0.1) is 0 Å². The molecule has 0 bridgehead atoms. The lowest BCUT2D eigenvalue weighted by molar-refractivity contribution is -0.143. The van der Waals surface area contributed by atoms with Crippen molar-refractivity contribution in [3.05, 3.63) is 53.1 Å². The fourth-order valence-electron chi connectivity index (χ4n) is 5.00. The van der Waals surface area contributed by atoms with Gasteiger partial charge in [0.25, 0.3) is 5.91 Å². The molecule has 2 amide bonds. The largest absolute Gasteiger partial charge is 0.348 e. The van der Waals surface area contributed by atoms with Crippen molar-refractivity contribution >= 4 is 11.8 Å². The predicted molar refractivity (Wildman–Crippen MR) is 109 cm³/mol. The lowest BCUT2D eigenvalue weighted by atomic mass is 9.78. The first-order chi connectivity index (χ1) is 14.1. The molecule has 0 unspecified atom stereocenters. The number of aromatic nitrogens is 2. The molecule has 0 radical (unpaired) electrons. The normalized spacial score (nSPS) is 20.6. The molecular formula is C23H28N4O2. The Kier molecular flexibility index (Phi) is 4.45. The number of amides is 2. The first-order valence-electron chi connectivity index (χ1n) is 10.8. The standard InChI is InChI=1S/C23H28N4O2/c1-2-16-3-5-17(6-4-16)21(28)26-13-10-23(11-14-26)20-19(24-15-25-20)9-12-27(23)22(29)18-7-8-18/h3-6,15,18H,2,7-14H2,1H3,(H,24,25). The summed E-state index contributed by atoms with van der Waals surface area (Å²) in [5.74, 6) is 0.568. The summed E-state index contributed by atoms with van der Waals surface area (Å²) in [5, 5.41) is 0. The first-order valence-corrected chi connectivity index (χ1v) is 10.8. The van der Waals surface area contributed by atoms with E-state index in [4.69, 9.17) is 0 Å². The third-order valence-electron chi connectivity index (χ3n) is 6.94. The van der Waals surface area contributed by atoms with E-state index in [2.05, 4.69) is 21.8 Å². The van der Waals surface area contributed by atoms with E-state index in [0.29, 0.717) is 13.1 Å². The minimum atomic E-state index is -0.365. The van der Waals surface area contributed by atoms with Gasteiger partial charge in [0.1, 0.15) is 0 Å². The van der Waals surface area contributed by atoms with E-state index in [1.165, 1.54) is 5.56 Å². The summed E-state index contributed by atoms with van der Waals surface area (Å²) in [4.78, 5) is 38.0. The lowest BCUT2D eigenvalue weighted by Gasteiger charge is -2.50. The average molecular weight is 393 g/mol. The number of hydrogen-bond acceptors (Lipinski definition) is 3. The van der Waals surface area contributed by atoms with Crippen LogP contribution < -0.4 is 0 Å². The third-order valence-corrected chi connectivity index (χ3v) is 6.94. The molecule has 1 spiro atoms. The molecule has 2 aromatic rings. The van der Waals surface area contributed by atoms with Gasteiger partial charge in [0, 0.05) is 43.2 Å². The molecule has 2 aliphatic heterocycles. The number of fused-ring (bicyclic) bond motifs is 2. The van der Waals surface area contributed by atoms with Crippen LogP contribution in [0.1, 0.15) is 59.9 Å². The number of aryl methyl sites for hydroxylation is 1. The van der Waals surface area contributed by atoms with Gasteiger partial charge < -0.3 is 14.8 Å². The first kappa shape index (κ1) is 18.4. The van der Waals surface area contributed by atoms with E-state index in [9.17, 15) is 9.59 Å². The molecule has 1 aromatic carbocycles. The Bertz CT molecular complexity index is 921. The molecule has 0 atom stereocenters. The second-order valence-electron chi connectivity index (χ2n) is 8.62. The van der Waals surface area contributed by atoms with Crippen LogP contribution in [0.2, 0.25) is 0 Å². The van der Waals surface area contributed by atoms with Gasteiger partial charge in [-0.05, 0) is 49.8 Å². The number of imidazole rings is 1. The zero-order chi connectivity index (χ0) is 20.0. The number of hydrogen-bond donors (Lipinski definition) is 1. The minimum Gasteiger partial charge on any atom is -0.348 e. The van der Waals surface area contributed by atoms with E-state index in [0.717, 1.165) is 62.0 Å². The number of piperidine rings is 1. The van der Waals surface area contributed by atoms with Gasteiger partial charge in [-0.3, -0.25) is 9.59 Å². The molecule has 6 nitrogen and oxygen atoms in total. The number of carbonyl (C=O) groups is 2. The van der Waals surface area contributed by atoms with Crippen LogP contribution in [0.25, 0.3) is 0 Å². The van der Waals surface area contributed by atoms with E-state index < -0.39 is 0 Å². The van der Waals surface area contributed by atoms with Crippen LogP contribution in [0, 0.1) is 5.92 Å². The predicted octanol–water partition coefficient (Wildman–Crippen LogP) is 2.90.